The molecule has 10 heteroatoms. The highest BCUT2D eigenvalue weighted by Crippen LogP contribution is 3.01. The zero-order valence-corrected chi connectivity index (χ0v) is 11.0. The number of hydrogen-bond donors (Lipinski definition) is 0. The van der Waals surface area contributed by atoms with Crippen LogP contribution in [0.15, 0.2) is 12.1 Å². The number of Topliss-reactive ketones (excluding diaryl/α,β-unsaturated/α-hetero) is 1. The molecule has 1 aromatic rings. The summed E-state index contributed by atoms with van der Waals surface area (Å²) in [4.78, 5) is 14.9. The Morgan fingerprint density at radius 2 is 1.78 bits per heavy atom. The lowest BCUT2D eigenvalue weighted by Crippen LogP contribution is -2.28. The molecule has 2 nitrogen and oxygen atoms in total. The molecule has 0 amide bonds. The molecule has 1 unspecified atom stereocenters. The maximum absolute atomic E-state index is 12.3. The van der Waals surface area contributed by atoms with Gasteiger partial charge in [-0.25, -0.2) is 4.98 Å². The van der Waals surface area contributed by atoms with Crippen molar-refractivity contribution in [3.63, 3.8) is 0 Å². The summed E-state index contributed by atoms with van der Waals surface area (Å²) in [6.45, 7) is 1.34. The first kappa shape index (κ1) is 15.5. The van der Waals surface area contributed by atoms with Gasteiger partial charge in [-0.15, -0.1) is 0 Å². The first-order chi connectivity index (χ1) is 7.70. The van der Waals surface area contributed by atoms with Gasteiger partial charge in [0.25, 0.3) is 0 Å². The van der Waals surface area contributed by atoms with E-state index in [1.165, 1.54) is 6.92 Å². The van der Waals surface area contributed by atoms with Crippen LogP contribution in [0.5, 0.6) is 0 Å². The molecule has 0 aliphatic heterocycles. The molecule has 0 aromatic carbocycles. The molecule has 0 N–H and O–H groups in total. The third-order valence-electron chi connectivity index (χ3n) is 1.80. The van der Waals surface area contributed by atoms with Crippen molar-refractivity contribution in [1.82, 2.24) is 4.98 Å². The van der Waals surface area contributed by atoms with Crippen LogP contribution in [0.3, 0.4) is 0 Å². The molecule has 0 fully saturated rings. The van der Waals surface area contributed by atoms with Gasteiger partial charge in [0.2, 0.25) is 4.71 Å². The Kier molecular flexibility index (Phi) is 3.18. The van der Waals surface area contributed by atoms with Gasteiger partial charge in [-0.05, 0) is 19.1 Å². The van der Waals surface area contributed by atoms with E-state index in [1.54, 1.807) is 0 Å². The highest BCUT2D eigenvalue weighted by atomic mass is 35.5. The summed E-state index contributed by atoms with van der Waals surface area (Å²) in [6, 6.07) is 1.64. The lowest BCUT2D eigenvalue weighted by molar-refractivity contribution is 0.0996. The van der Waals surface area contributed by atoms with Gasteiger partial charge < -0.3 is 0 Å². The summed E-state index contributed by atoms with van der Waals surface area (Å²) < 4.78 is 57.8. The summed E-state index contributed by atoms with van der Waals surface area (Å²) in [5, 5.41) is -0.288. The Hall–Kier alpha value is -0.600. The fraction of sp³-hybridized carbons (Fsp3) is 0.250. The molecule has 1 heterocycles. The van der Waals surface area contributed by atoms with Crippen molar-refractivity contribution in [2.24, 2.45) is 0 Å². The first-order valence-corrected chi connectivity index (χ1v) is 7.09. The second-order valence-corrected chi connectivity index (χ2v) is 7.14. The van der Waals surface area contributed by atoms with Crippen molar-refractivity contribution >= 4 is 39.2 Å². The molecule has 1 atom stereocenters. The smallest absolute Gasteiger partial charge is 0.291 e. The largest absolute Gasteiger partial charge is 0.307 e. The lowest BCUT2D eigenvalue weighted by Gasteiger charge is -2.43. The number of ketones is 1. The van der Waals surface area contributed by atoms with Crippen LogP contribution in [0.1, 0.15) is 16.1 Å². The second kappa shape index (κ2) is 3.71. The zero-order chi connectivity index (χ0) is 14.4. The Balaban J connectivity index is 3.25. The Labute approximate surface area is 109 Å². The summed E-state index contributed by atoms with van der Waals surface area (Å²) in [5.74, 6) is -1.96. The lowest BCUT2D eigenvalue weighted by atomic mass is 10.2. The zero-order valence-electron chi connectivity index (χ0n) is 8.64. The fourth-order valence-corrected chi connectivity index (χ4v) is 2.02. The van der Waals surface area contributed by atoms with Crippen LogP contribution < -0.4 is 0 Å². The molecular formula is C8H6Cl2F5NOS. The van der Waals surface area contributed by atoms with Gasteiger partial charge in [-0.3, -0.25) is 4.79 Å². The normalized spacial score (nSPS) is 17.8. The number of carbonyl (C=O) groups excluding carboxylic acids is 1. The maximum atomic E-state index is 12.3. The van der Waals surface area contributed by atoms with Crippen molar-refractivity contribution in [3.05, 3.63) is 28.5 Å². The van der Waals surface area contributed by atoms with Crippen molar-refractivity contribution in [1.29, 1.82) is 0 Å². The number of rotatable bonds is 3. The molecular weight excluding hydrogens is 324 g/mol. The average Bonchev–Trinajstić information content (AvgIpc) is 2.10. The van der Waals surface area contributed by atoms with E-state index in [2.05, 4.69) is 16.6 Å². The van der Waals surface area contributed by atoms with Gasteiger partial charge in [-0.1, -0.05) is 42.6 Å². The van der Waals surface area contributed by atoms with E-state index in [-0.39, 0.29) is 10.8 Å². The van der Waals surface area contributed by atoms with Gasteiger partial charge in [0, 0.05) is 11.3 Å². The predicted octanol–water partition coefficient (Wildman–Crippen LogP) is 5.09. The van der Waals surface area contributed by atoms with Gasteiger partial charge in [0.05, 0.1) is 0 Å². The number of pyridine rings is 1. The molecule has 0 saturated heterocycles. The highest BCUT2D eigenvalue weighted by molar-refractivity contribution is 8.47. The van der Waals surface area contributed by atoms with Crippen LogP contribution in [-0.4, -0.2) is 15.5 Å². The fourth-order valence-electron chi connectivity index (χ4n) is 1.10. The third-order valence-corrected chi connectivity index (χ3v) is 4.20. The molecule has 1 rings (SSSR count). The average molecular weight is 330 g/mol. The number of hydrogen-bond acceptors (Lipinski definition) is 2. The number of halogens is 7. The molecule has 0 aliphatic carbocycles. The summed E-state index contributed by atoms with van der Waals surface area (Å²) in [6.07, 6.45) is 0. The van der Waals surface area contributed by atoms with E-state index in [1.807, 2.05) is 0 Å². The summed E-state index contributed by atoms with van der Waals surface area (Å²) >= 11 is 10.0. The third kappa shape index (κ3) is 3.69. The number of aryl methyl sites for hydroxylation is 1. The minimum absolute atomic E-state index is 0.108. The van der Waals surface area contributed by atoms with Crippen LogP contribution in [0, 0.1) is 6.92 Å². The minimum atomic E-state index is -10.1. The Morgan fingerprint density at radius 3 is 2.17 bits per heavy atom. The monoisotopic (exact) mass is 329 g/mol. The highest BCUT2D eigenvalue weighted by Gasteiger charge is 2.72. The quantitative estimate of drug-likeness (QED) is 0.334. The van der Waals surface area contributed by atoms with Crippen LogP contribution in [0.25, 0.3) is 0 Å². The molecule has 104 valence electrons. The Bertz CT molecular complexity index is 497. The number of aromatic nitrogens is 1. The van der Waals surface area contributed by atoms with E-state index in [9.17, 15) is 24.2 Å². The SMILES string of the molecule is Cc1cc(C(=O)C(Cl)S(F)(F)(F)(F)F)cc(Cl)n1. The number of carbonyl (C=O) groups is 1. The van der Waals surface area contributed by atoms with Crippen LogP contribution >= 0.6 is 33.4 Å². The van der Waals surface area contributed by atoms with Gasteiger partial charge >= 0.3 is 10.2 Å². The van der Waals surface area contributed by atoms with Crippen LogP contribution in [-0.2, 0) is 0 Å². The molecule has 18 heavy (non-hydrogen) atoms. The topological polar surface area (TPSA) is 30.0 Å². The Morgan fingerprint density at radius 1 is 1.28 bits per heavy atom. The molecule has 0 saturated carbocycles. The van der Waals surface area contributed by atoms with Crippen molar-refractivity contribution in [3.8, 4) is 0 Å². The van der Waals surface area contributed by atoms with Gasteiger partial charge in [0.1, 0.15) is 5.15 Å². The number of nitrogens with zero attached hydrogens (tertiary/aromatic N) is 1. The van der Waals surface area contributed by atoms with E-state index in [0.29, 0.717) is 0 Å². The molecule has 0 aliphatic rings. The second-order valence-electron chi connectivity index (χ2n) is 3.53. The molecule has 0 spiro atoms. The van der Waals surface area contributed by atoms with Crippen molar-refractivity contribution < 1.29 is 24.2 Å². The van der Waals surface area contributed by atoms with E-state index in [4.69, 9.17) is 11.6 Å². The van der Waals surface area contributed by atoms with Crippen molar-refractivity contribution in [2.45, 2.75) is 11.6 Å². The predicted molar refractivity (Wildman–Crippen MR) is 61.1 cm³/mol. The standard InChI is InChI=1S/C8H6Cl2F5NOS/c1-4-2-5(3-6(9)16-4)7(17)8(10)18(11,12,13,14)15/h2-3,8H,1H3. The first-order valence-electron chi connectivity index (χ1n) is 4.26. The molecule has 0 bridgehead atoms. The maximum Gasteiger partial charge on any atom is 0.307 e. The van der Waals surface area contributed by atoms with E-state index in [0.717, 1.165) is 12.1 Å². The van der Waals surface area contributed by atoms with E-state index < -0.39 is 26.3 Å². The van der Waals surface area contributed by atoms with E-state index >= 15 is 0 Å². The van der Waals surface area contributed by atoms with Gasteiger partial charge in [0.15, 0.2) is 5.78 Å². The molecule has 0 radical (unpaired) electrons. The van der Waals surface area contributed by atoms with Crippen LogP contribution in [0.2, 0.25) is 5.15 Å². The summed E-state index contributed by atoms with van der Waals surface area (Å²) in [7, 11) is -10.1. The van der Waals surface area contributed by atoms with Crippen molar-refractivity contribution in [2.75, 3.05) is 0 Å². The van der Waals surface area contributed by atoms with Crippen LogP contribution in [0.4, 0.5) is 19.4 Å². The van der Waals surface area contributed by atoms with Gasteiger partial charge in [-0.2, -0.15) is 0 Å². The molecule has 1 aromatic heterocycles. The minimum Gasteiger partial charge on any atom is -0.291 e. The summed E-state index contributed by atoms with van der Waals surface area (Å²) in [5.41, 5.74) is -0.558. The number of alkyl halides is 1.